The Bertz CT molecular complexity index is 1530. The first-order chi connectivity index (χ1) is 21.8. The van der Waals surface area contributed by atoms with Gasteiger partial charge in [-0.1, -0.05) is 56.8 Å². The lowest BCUT2D eigenvalue weighted by atomic mass is 9.99. The molecule has 8 heteroatoms. The molecule has 0 heterocycles. The zero-order valence-electron chi connectivity index (χ0n) is 26.0. The number of ether oxygens (including phenoxy) is 3. The molecule has 3 aromatic rings. The van der Waals surface area contributed by atoms with E-state index in [1.165, 1.54) is 45.8 Å². The topological polar surface area (TPSA) is 78.9 Å². The van der Waals surface area contributed by atoms with Crippen molar-refractivity contribution in [3.63, 3.8) is 0 Å². The number of carbonyl (C=O) groups is 3. The van der Waals surface area contributed by atoms with Gasteiger partial charge in [0.1, 0.15) is 11.5 Å². The van der Waals surface area contributed by atoms with Crippen molar-refractivity contribution in [3.05, 3.63) is 102 Å². The van der Waals surface area contributed by atoms with Gasteiger partial charge in [-0.3, -0.25) is 9.59 Å². The van der Waals surface area contributed by atoms with Crippen molar-refractivity contribution in [3.8, 4) is 22.6 Å². The van der Waals surface area contributed by atoms with E-state index in [-0.39, 0.29) is 22.8 Å². The van der Waals surface area contributed by atoms with Crippen LogP contribution in [-0.2, 0) is 14.3 Å². The predicted molar refractivity (Wildman–Crippen MR) is 184 cm³/mol. The van der Waals surface area contributed by atoms with Gasteiger partial charge in [0.15, 0.2) is 0 Å². The lowest BCUT2D eigenvalue weighted by molar-refractivity contribution is -0.137. The van der Waals surface area contributed by atoms with Crippen LogP contribution in [0.1, 0.15) is 73.4 Å². The van der Waals surface area contributed by atoms with Gasteiger partial charge >= 0.3 is 5.97 Å². The first-order valence-electron chi connectivity index (χ1n) is 15.2. The molecule has 236 valence electrons. The van der Waals surface area contributed by atoms with E-state index >= 15 is 0 Å². The summed E-state index contributed by atoms with van der Waals surface area (Å²) in [7, 11) is 0. The second-order valence-corrected chi connectivity index (χ2v) is 13.0. The van der Waals surface area contributed by atoms with Gasteiger partial charge in [-0.2, -0.15) is 0 Å². The van der Waals surface area contributed by atoms with Crippen molar-refractivity contribution in [1.29, 1.82) is 0 Å². The number of unbranched alkanes of at least 4 members (excludes halogenated alkanes) is 3. The fraction of sp³-hybridized carbons (Fsp3) is 0.324. The molecule has 0 bridgehead atoms. The summed E-state index contributed by atoms with van der Waals surface area (Å²) in [5, 5.41) is 0.0547. The van der Waals surface area contributed by atoms with E-state index in [1.54, 1.807) is 31.2 Å². The highest BCUT2D eigenvalue weighted by molar-refractivity contribution is 8.14. The van der Waals surface area contributed by atoms with Crippen LogP contribution in [0, 0.1) is 0 Å². The number of esters is 1. The van der Waals surface area contributed by atoms with Crippen LogP contribution < -0.4 is 9.47 Å². The third kappa shape index (κ3) is 9.87. The molecular formula is C37H40O6S2. The van der Waals surface area contributed by atoms with Crippen LogP contribution in [0.5, 0.6) is 11.5 Å². The monoisotopic (exact) mass is 644 g/mol. The second kappa shape index (κ2) is 17.1. The standard InChI is InChI=1S/C37H40O6S2/c1-5-35(38)43-21-10-20-41-28-13-11-27(12-14-28)37(40)45-30-16-18-32-31-17-15-29(23-33(31)26(4)34(32)24-30)42-19-8-6-7-9-22-44-36(39)25(2)3/h5,11-18,23-24,26H,1-2,6-10,19-22H2,3-4H3. The summed E-state index contributed by atoms with van der Waals surface area (Å²) in [5.41, 5.74) is 6.08. The van der Waals surface area contributed by atoms with Crippen molar-refractivity contribution in [1.82, 2.24) is 0 Å². The molecule has 1 aliphatic rings. The fourth-order valence-electron chi connectivity index (χ4n) is 4.98. The summed E-state index contributed by atoms with van der Waals surface area (Å²) in [6, 6.07) is 19.7. The zero-order chi connectivity index (χ0) is 32.2. The largest absolute Gasteiger partial charge is 0.494 e. The zero-order valence-corrected chi connectivity index (χ0v) is 27.6. The van der Waals surface area contributed by atoms with Crippen molar-refractivity contribution in [2.24, 2.45) is 0 Å². The van der Waals surface area contributed by atoms with E-state index in [0.717, 1.165) is 48.2 Å². The molecule has 1 aliphatic carbocycles. The smallest absolute Gasteiger partial charge is 0.330 e. The minimum atomic E-state index is -0.448. The van der Waals surface area contributed by atoms with Crippen LogP contribution in [0.4, 0.5) is 0 Å². The number of rotatable bonds is 17. The molecule has 1 atom stereocenters. The van der Waals surface area contributed by atoms with Gasteiger partial charge < -0.3 is 14.2 Å². The molecular weight excluding hydrogens is 605 g/mol. The molecule has 45 heavy (non-hydrogen) atoms. The Labute approximate surface area is 274 Å². The van der Waals surface area contributed by atoms with Gasteiger partial charge in [-0.25, -0.2) is 4.79 Å². The van der Waals surface area contributed by atoms with Gasteiger partial charge in [0.25, 0.3) is 0 Å². The number of hydrogen-bond donors (Lipinski definition) is 0. The summed E-state index contributed by atoms with van der Waals surface area (Å²) in [6.45, 7) is 12.3. The quantitative estimate of drug-likeness (QED) is 0.0624. The molecule has 0 radical (unpaired) electrons. The molecule has 0 saturated heterocycles. The number of benzene rings is 3. The molecule has 0 spiro atoms. The van der Waals surface area contributed by atoms with Crippen LogP contribution in [0.2, 0.25) is 0 Å². The highest BCUT2D eigenvalue weighted by Gasteiger charge is 2.26. The normalized spacial score (nSPS) is 13.0. The number of thioether (sulfide) groups is 2. The van der Waals surface area contributed by atoms with Crippen molar-refractivity contribution < 1.29 is 28.6 Å². The van der Waals surface area contributed by atoms with E-state index < -0.39 is 5.97 Å². The van der Waals surface area contributed by atoms with Crippen LogP contribution >= 0.6 is 23.5 Å². The summed E-state index contributed by atoms with van der Waals surface area (Å²) in [4.78, 5) is 36.6. The van der Waals surface area contributed by atoms with Crippen LogP contribution in [-0.4, -0.2) is 41.8 Å². The van der Waals surface area contributed by atoms with Crippen molar-refractivity contribution in [2.45, 2.75) is 56.8 Å². The third-order valence-electron chi connectivity index (χ3n) is 7.43. The molecule has 0 N–H and O–H groups in total. The minimum Gasteiger partial charge on any atom is -0.494 e. The Kier molecular flexibility index (Phi) is 13.0. The Morgan fingerprint density at radius 1 is 0.800 bits per heavy atom. The number of fused-ring (bicyclic) bond motifs is 3. The van der Waals surface area contributed by atoms with E-state index in [4.69, 9.17) is 14.2 Å². The van der Waals surface area contributed by atoms with E-state index in [1.807, 2.05) is 12.1 Å². The van der Waals surface area contributed by atoms with Gasteiger partial charge in [-0.15, -0.1) is 0 Å². The molecule has 0 amide bonds. The molecule has 6 nitrogen and oxygen atoms in total. The van der Waals surface area contributed by atoms with Gasteiger partial charge in [0.2, 0.25) is 10.2 Å². The molecule has 0 saturated carbocycles. The van der Waals surface area contributed by atoms with Gasteiger partial charge in [0, 0.05) is 34.6 Å². The molecule has 0 fully saturated rings. The van der Waals surface area contributed by atoms with Gasteiger partial charge in [-0.05, 0) is 108 Å². The molecule has 3 aromatic carbocycles. The average Bonchev–Trinajstić information content (AvgIpc) is 3.32. The Morgan fingerprint density at radius 2 is 1.44 bits per heavy atom. The molecule has 4 rings (SSSR count). The van der Waals surface area contributed by atoms with Crippen molar-refractivity contribution >= 4 is 39.7 Å². The number of hydrogen-bond acceptors (Lipinski definition) is 8. The van der Waals surface area contributed by atoms with E-state index in [2.05, 4.69) is 44.3 Å². The number of carbonyl (C=O) groups excluding carboxylic acids is 3. The maximum absolute atomic E-state index is 13.0. The summed E-state index contributed by atoms with van der Waals surface area (Å²) in [6.07, 6.45) is 5.84. The maximum atomic E-state index is 13.0. The summed E-state index contributed by atoms with van der Waals surface area (Å²) >= 11 is 2.58. The SMILES string of the molecule is C=CC(=O)OCCCOc1ccc(C(=O)Sc2ccc3c(c2)C(C)c2cc(OCCCCCCSC(=O)C(=C)C)ccc2-3)cc1. The summed E-state index contributed by atoms with van der Waals surface area (Å²) in [5.74, 6) is 2.13. The van der Waals surface area contributed by atoms with E-state index in [9.17, 15) is 14.4 Å². The third-order valence-corrected chi connectivity index (χ3v) is 9.44. The molecule has 1 unspecified atom stereocenters. The van der Waals surface area contributed by atoms with Crippen LogP contribution in [0.25, 0.3) is 11.1 Å². The first kappa shape index (κ1) is 34.1. The molecule has 0 aromatic heterocycles. The Morgan fingerprint density at radius 3 is 2.18 bits per heavy atom. The molecule has 0 aliphatic heterocycles. The first-order valence-corrected chi connectivity index (χ1v) is 17.0. The van der Waals surface area contributed by atoms with E-state index in [0.29, 0.717) is 36.5 Å². The highest BCUT2D eigenvalue weighted by Crippen LogP contribution is 2.47. The minimum absolute atomic E-state index is 0.0317. The highest BCUT2D eigenvalue weighted by atomic mass is 32.2. The Hall–Kier alpha value is -3.75. The van der Waals surface area contributed by atoms with Crippen LogP contribution in [0.15, 0.2) is 90.4 Å². The predicted octanol–water partition coefficient (Wildman–Crippen LogP) is 9.02. The van der Waals surface area contributed by atoms with Gasteiger partial charge in [0.05, 0.1) is 19.8 Å². The second-order valence-electron chi connectivity index (χ2n) is 10.9. The summed E-state index contributed by atoms with van der Waals surface area (Å²) < 4.78 is 16.7. The lowest BCUT2D eigenvalue weighted by Crippen LogP contribution is -2.06. The Balaban J connectivity index is 1.23. The lowest BCUT2D eigenvalue weighted by Gasteiger charge is -2.11. The van der Waals surface area contributed by atoms with Crippen molar-refractivity contribution in [2.75, 3.05) is 25.6 Å². The maximum Gasteiger partial charge on any atom is 0.330 e. The average molecular weight is 645 g/mol. The fourth-order valence-corrected chi connectivity index (χ4v) is 6.55. The van der Waals surface area contributed by atoms with Crippen LogP contribution in [0.3, 0.4) is 0 Å².